The van der Waals surface area contributed by atoms with Crippen molar-refractivity contribution in [1.82, 2.24) is 0 Å². The van der Waals surface area contributed by atoms with Crippen LogP contribution in [0.1, 0.15) is 12.5 Å². The maximum atomic E-state index is 10.6. The summed E-state index contributed by atoms with van der Waals surface area (Å²) < 4.78 is 0. The zero-order valence-corrected chi connectivity index (χ0v) is 11.3. The molecule has 0 bridgehead atoms. The van der Waals surface area contributed by atoms with Crippen molar-refractivity contribution in [1.29, 1.82) is 0 Å². The Morgan fingerprint density at radius 2 is 1.79 bits per heavy atom. The molecule has 0 unspecified atom stereocenters. The number of allylic oxidation sites excluding steroid dienone is 1. The molecule has 0 aromatic heterocycles. The average molecular weight is 271 g/mol. The van der Waals surface area contributed by atoms with Gasteiger partial charge in [0.2, 0.25) is 5.70 Å². The number of hydrogen-bond donors (Lipinski definition) is 0. The van der Waals surface area contributed by atoms with Crippen molar-refractivity contribution >= 4 is 17.8 Å². The van der Waals surface area contributed by atoms with E-state index in [-0.39, 0.29) is 10.6 Å². The van der Waals surface area contributed by atoms with Crippen molar-refractivity contribution < 1.29 is 4.92 Å². The highest BCUT2D eigenvalue weighted by Crippen LogP contribution is 2.28. The zero-order valence-electron chi connectivity index (χ0n) is 10.4. The highest BCUT2D eigenvalue weighted by molar-refractivity contribution is 7.99. The molecule has 0 saturated carbocycles. The van der Waals surface area contributed by atoms with Gasteiger partial charge in [-0.3, -0.25) is 10.1 Å². The molecule has 0 heterocycles. The lowest BCUT2D eigenvalue weighted by Gasteiger charge is -2.02. The van der Waals surface area contributed by atoms with Crippen LogP contribution in [-0.4, -0.2) is 4.92 Å². The van der Waals surface area contributed by atoms with E-state index in [2.05, 4.69) is 0 Å². The Balaban J connectivity index is 2.20. The quantitative estimate of drug-likeness (QED) is 0.608. The molecule has 0 aliphatic heterocycles. The van der Waals surface area contributed by atoms with E-state index in [0.717, 1.165) is 15.4 Å². The van der Waals surface area contributed by atoms with Crippen molar-refractivity contribution in [2.24, 2.45) is 0 Å². The van der Waals surface area contributed by atoms with Gasteiger partial charge in [0.1, 0.15) is 0 Å². The van der Waals surface area contributed by atoms with Crippen LogP contribution in [0.5, 0.6) is 0 Å². The summed E-state index contributed by atoms with van der Waals surface area (Å²) in [6.45, 7) is 1.50. The summed E-state index contributed by atoms with van der Waals surface area (Å²) in [6, 6.07) is 17.7. The fourth-order valence-electron chi connectivity index (χ4n) is 1.59. The summed E-state index contributed by atoms with van der Waals surface area (Å²) in [6.07, 6.45) is 1.58. The lowest BCUT2D eigenvalue weighted by atomic mass is 10.2. The average Bonchev–Trinajstić information content (AvgIpc) is 2.40. The predicted molar refractivity (Wildman–Crippen MR) is 77.7 cm³/mol. The van der Waals surface area contributed by atoms with E-state index in [0.29, 0.717) is 0 Å². The highest BCUT2D eigenvalue weighted by Gasteiger charge is 2.03. The minimum atomic E-state index is -0.378. The third kappa shape index (κ3) is 3.96. The maximum absolute atomic E-state index is 10.6. The van der Waals surface area contributed by atoms with Gasteiger partial charge in [-0.25, -0.2) is 0 Å². The standard InChI is InChI=1S/C15H13NO2S/c1-12(16(17)18)10-13-6-5-9-15(11-13)19-14-7-3-2-4-8-14/h2-11H,1H3/b12-10+. The van der Waals surface area contributed by atoms with Gasteiger partial charge in [0, 0.05) is 22.8 Å². The predicted octanol–water partition coefficient (Wildman–Crippen LogP) is 4.48. The van der Waals surface area contributed by atoms with Gasteiger partial charge in [0.15, 0.2) is 0 Å². The fraction of sp³-hybridized carbons (Fsp3) is 0.0667. The Morgan fingerprint density at radius 3 is 2.47 bits per heavy atom. The van der Waals surface area contributed by atoms with Crippen LogP contribution in [0, 0.1) is 10.1 Å². The summed E-state index contributed by atoms with van der Waals surface area (Å²) in [4.78, 5) is 12.4. The molecular weight excluding hydrogens is 258 g/mol. The second-order valence-corrected chi connectivity index (χ2v) is 5.18. The first-order chi connectivity index (χ1) is 9.15. The van der Waals surface area contributed by atoms with Gasteiger partial charge in [-0.05, 0) is 29.8 Å². The highest BCUT2D eigenvalue weighted by atomic mass is 32.2. The molecule has 2 aromatic rings. The number of benzene rings is 2. The largest absolute Gasteiger partial charge is 0.259 e. The molecule has 0 saturated heterocycles. The number of hydrogen-bond acceptors (Lipinski definition) is 3. The van der Waals surface area contributed by atoms with Gasteiger partial charge in [0.25, 0.3) is 0 Å². The number of nitro groups is 1. The van der Waals surface area contributed by atoms with E-state index in [9.17, 15) is 10.1 Å². The van der Waals surface area contributed by atoms with Crippen LogP contribution in [-0.2, 0) is 0 Å². The van der Waals surface area contributed by atoms with Crippen molar-refractivity contribution in [3.63, 3.8) is 0 Å². The first-order valence-corrected chi connectivity index (χ1v) is 6.62. The second-order valence-electron chi connectivity index (χ2n) is 4.03. The molecule has 0 spiro atoms. The van der Waals surface area contributed by atoms with E-state index in [4.69, 9.17) is 0 Å². The van der Waals surface area contributed by atoms with Gasteiger partial charge < -0.3 is 0 Å². The molecule has 0 radical (unpaired) electrons. The fourth-order valence-corrected chi connectivity index (χ4v) is 2.49. The van der Waals surface area contributed by atoms with Crippen LogP contribution in [0.15, 0.2) is 70.1 Å². The Morgan fingerprint density at radius 1 is 1.11 bits per heavy atom. The van der Waals surface area contributed by atoms with Gasteiger partial charge >= 0.3 is 0 Å². The topological polar surface area (TPSA) is 43.1 Å². The maximum Gasteiger partial charge on any atom is 0.243 e. The third-order valence-electron chi connectivity index (χ3n) is 2.50. The normalized spacial score (nSPS) is 11.3. The van der Waals surface area contributed by atoms with E-state index in [1.807, 2.05) is 54.6 Å². The Labute approximate surface area is 116 Å². The number of rotatable bonds is 4. The Hall–Kier alpha value is -2.07. The van der Waals surface area contributed by atoms with Crippen LogP contribution in [0.4, 0.5) is 0 Å². The zero-order chi connectivity index (χ0) is 13.7. The molecule has 0 amide bonds. The minimum Gasteiger partial charge on any atom is -0.259 e. The first kappa shape index (κ1) is 13.4. The van der Waals surface area contributed by atoms with Gasteiger partial charge in [-0.1, -0.05) is 42.1 Å². The van der Waals surface area contributed by atoms with Crippen LogP contribution in [0.2, 0.25) is 0 Å². The summed E-state index contributed by atoms with van der Waals surface area (Å²) in [5, 5.41) is 10.6. The third-order valence-corrected chi connectivity index (χ3v) is 3.50. The molecule has 0 aliphatic carbocycles. The molecule has 2 rings (SSSR count). The van der Waals surface area contributed by atoms with E-state index >= 15 is 0 Å². The van der Waals surface area contributed by atoms with Crippen LogP contribution in [0.3, 0.4) is 0 Å². The summed E-state index contributed by atoms with van der Waals surface area (Å²) in [5.74, 6) is 0. The summed E-state index contributed by atoms with van der Waals surface area (Å²) in [5.41, 5.74) is 0.983. The smallest absolute Gasteiger partial charge is 0.243 e. The van der Waals surface area contributed by atoms with Crippen molar-refractivity contribution in [3.8, 4) is 0 Å². The van der Waals surface area contributed by atoms with Crippen LogP contribution in [0.25, 0.3) is 6.08 Å². The molecule has 0 N–H and O–H groups in total. The van der Waals surface area contributed by atoms with Crippen molar-refractivity contribution in [2.45, 2.75) is 16.7 Å². The molecule has 4 heteroatoms. The molecule has 96 valence electrons. The van der Waals surface area contributed by atoms with Gasteiger partial charge in [0.05, 0.1) is 4.92 Å². The van der Waals surface area contributed by atoms with Crippen LogP contribution >= 0.6 is 11.8 Å². The van der Waals surface area contributed by atoms with E-state index < -0.39 is 0 Å². The Bertz CT molecular complexity index is 609. The van der Waals surface area contributed by atoms with Crippen molar-refractivity contribution in [2.75, 3.05) is 0 Å². The lowest BCUT2D eigenvalue weighted by molar-refractivity contribution is -0.422. The summed E-state index contributed by atoms with van der Waals surface area (Å²) >= 11 is 1.64. The van der Waals surface area contributed by atoms with Crippen LogP contribution < -0.4 is 0 Å². The molecule has 0 aliphatic rings. The molecular formula is C15H13NO2S. The Kier molecular flexibility index (Phi) is 4.36. The molecule has 0 atom stereocenters. The minimum absolute atomic E-state index is 0.141. The number of nitrogens with zero attached hydrogens (tertiary/aromatic N) is 1. The lowest BCUT2D eigenvalue weighted by Crippen LogP contribution is -1.92. The molecule has 3 nitrogen and oxygen atoms in total. The molecule has 19 heavy (non-hydrogen) atoms. The van der Waals surface area contributed by atoms with Gasteiger partial charge in [-0.2, -0.15) is 0 Å². The molecule has 0 fully saturated rings. The SMILES string of the molecule is C/C(=C\c1cccc(Sc2ccccc2)c1)[N+](=O)[O-]. The second kappa shape index (κ2) is 6.20. The molecule has 2 aromatic carbocycles. The summed E-state index contributed by atoms with van der Waals surface area (Å²) in [7, 11) is 0. The van der Waals surface area contributed by atoms with Crippen molar-refractivity contribution in [3.05, 3.63) is 76.0 Å². The first-order valence-electron chi connectivity index (χ1n) is 5.81. The van der Waals surface area contributed by atoms with E-state index in [1.54, 1.807) is 17.8 Å². The van der Waals surface area contributed by atoms with E-state index in [1.165, 1.54) is 6.92 Å². The van der Waals surface area contributed by atoms with Gasteiger partial charge in [-0.15, -0.1) is 0 Å². The monoisotopic (exact) mass is 271 g/mol.